The Bertz CT molecular complexity index is 1060. The zero-order valence-electron chi connectivity index (χ0n) is 18.3. The molecule has 0 radical (unpaired) electrons. The second kappa shape index (κ2) is 9.12. The summed E-state index contributed by atoms with van der Waals surface area (Å²) in [4.78, 5) is 25.0. The third kappa shape index (κ3) is 4.83. The summed E-state index contributed by atoms with van der Waals surface area (Å²) in [7, 11) is 0. The fraction of sp³-hybridized carbons (Fsp3) is 0.423. The van der Waals surface area contributed by atoms with E-state index in [2.05, 4.69) is 16.7 Å². The molecule has 2 aliphatic rings. The van der Waals surface area contributed by atoms with Gasteiger partial charge in [-0.1, -0.05) is 31.4 Å². The van der Waals surface area contributed by atoms with Gasteiger partial charge in [0.1, 0.15) is 5.82 Å². The number of nitriles is 1. The maximum absolute atomic E-state index is 14.5. The quantitative estimate of drug-likeness (QED) is 0.680. The monoisotopic (exact) mass is 433 g/mol. The van der Waals surface area contributed by atoms with Crippen molar-refractivity contribution in [1.82, 2.24) is 10.6 Å². The van der Waals surface area contributed by atoms with E-state index in [-0.39, 0.29) is 17.9 Å². The highest BCUT2D eigenvalue weighted by Crippen LogP contribution is 2.35. The average molecular weight is 434 g/mol. The Labute approximate surface area is 188 Å². The molecule has 2 aromatic carbocycles. The van der Waals surface area contributed by atoms with Crippen LogP contribution in [0.5, 0.6) is 0 Å². The lowest BCUT2D eigenvalue weighted by Gasteiger charge is -2.30. The zero-order valence-corrected chi connectivity index (χ0v) is 18.3. The number of carbonyl (C=O) groups is 2. The molecule has 6 heteroatoms. The number of carbonyl (C=O) groups excluding carboxylic acids is 2. The van der Waals surface area contributed by atoms with E-state index in [0.29, 0.717) is 28.8 Å². The van der Waals surface area contributed by atoms with Crippen LogP contribution in [-0.2, 0) is 0 Å². The van der Waals surface area contributed by atoms with Gasteiger partial charge in [0.05, 0.1) is 11.5 Å². The molecule has 0 heterocycles. The van der Waals surface area contributed by atoms with Crippen molar-refractivity contribution in [2.75, 3.05) is 6.54 Å². The molecule has 0 aromatic heterocycles. The van der Waals surface area contributed by atoms with E-state index in [9.17, 15) is 19.2 Å². The van der Waals surface area contributed by atoms with Crippen molar-refractivity contribution in [2.24, 2.45) is 5.41 Å². The molecule has 2 fully saturated rings. The number of benzene rings is 2. The molecule has 0 unspecified atom stereocenters. The minimum Gasteiger partial charge on any atom is -0.350 e. The minimum atomic E-state index is -0.468. The fourth-order valence-electron chi connectivity index (χ4n) is 4.32. The summed E-state index contributed by atoms with van der Waals surface area (Å²) in [5, 5.41) is 15.4. The first kappa shape index (κ1) is 22.0. The Morgan fingerprint density at radius 1 is 1.06 bits per heavy atom. The second-order valence-corrected chi connectivity index (χ2v) is 9.09. The van der Waals surface area contributed by atoms with E-state index in [4.69, 9.17) is 0 Å². The van der Waals surface area contributed by atoms with E-state index in [0.717, 1.165) is 50.5 Å². The van der Waals surface area contributed by atoms with Gasteiger partial charge in [-0.2, -0.15) is 5.26 Å². The summed E-state index contributed by atoms with van der Waals surface area (Å²) in [6.45, 7) is 2.03. The molecule has 0 saturated heterocycles. The second-order valence-electron chi connectivity index (χ2n) is 9.09. The van der Waals surface area contributed by atoms with Gasteiger partial charge >= 0.3 is 0 Å². The average Bonchev–Trinajstić information content (AvgIpc) is 3.64. The van der Waals surface area contributed by atoms with Crippen molar-refractivity contribution in [3.63, 3.8) is 0 Å². The van der Waals surface area contributed by atoms with E-state index in [1.807, 2.05) is 0 Å². The van der Waals surface area contributed by atoms with Crippen molar-refractivity contribution < 1.29 is 14.0 Å². The summed E-state index contributed by atoms with van der Waals surface area (Å²) < 4.78 is 14.5. The number of hydrogen-bond acceptors (Lipinski definition) is 3. The summed E-state index contributed by atoms with van der Waals surface area (Å²) in [6, 6.07) is 12.5. The summed E-state index contributed by atoms with van der Waals surface area (Å²) >= 11 is 0. The third-order valence-corrected chi connectivity index (χ3v) is 6.61. The van der Waals surface area contributed by atoms with Crippen LogP contribution >= 0.6 is 0 Å². The number of rotatable bonds is 6. The van der Waals surface area contributed by atoms with Crippen molar-refractivity contribution in [1.29, 1.82) is 5.26 Å². The van der Waals surface area contributed by atoms with Gasteiger partial charge in [-0.05, 0) is 73.6 Å². The minimum absolute atomic E-state index is 0.196. The van der Waals surface area contributed by atoms with Crippen LogP contribution in [0.15, 0.2) is 36.4 Å². The number of hydrogen-bond donors (Lipinski definition) is 2. The first-order valence-corrected chi connectivity index (χ1v) is 11.3. The van der Waals surface area contributed by atoms with Gasteiger partial charge in [-0.25, -0.2) is 4.39 Å². The van der Waals surface area contributed by atoms with Gasteiger partial charge in [-0.3, -0.25) is 9.59 Å². The standard InChI is InChI=1S/C26H28FN3O2/c1-17-22(13-20(14-23(17)27)25(32)30-21-9-10-21)18-5-7-19(8-6-18)24(31)29-16-26(15-28)11-3-2-4-12-26/h5-8,13-14,21H,2-4,9-12,16H2,1H3,(H,29,31)(H,30,32). The molecule has 2 amide bonds. The maximum Gasteiger partial charge on any atom is 0.251 e. The van der Waals surface area contributed by atoms with Crippen LogP contribution in [0.3, 0.4) is 0 Å². The topological polar surface area (TPSA) is 82.0 Å². The Morgan fingerprint density at radius 3 is 2.38 bits per heavy atom. The molecule has 0 spiro atoms. The number of amides is 2. The van der Waals surface area contributed by atoms with E-state index in [1.54, 1.807) is 37.3 Å². The van der Waals surface area contributed by atoms with Crippen LogP contribution < -0.4 is 10.6 Å². The predicted octanol–water partition coefficient (Wildman–Crippen LogP) is 4.90. The van der Waals surface area contributed by atoms with E-state index in [1.165, 1.54) is 6.07 Å². The number of nitrogens with one attached hydrogen (secondary N) is 2. The highest BCUT2D eigenvalue weighted by atomic mass is 19.1. The Kier molecular flexibility index (Phi) is 6.27. The van der Waals surface area contributed by atoms with E-state index >= 15 is 0 Å². The van der Waals surface area contributed by atoms with Gasteiger partial charge in [0.25, 0.3) is 11.8 Å². The molecule has 0 bridgehead atoms. The molecular formula is C26H28FN3O2. The Morgan fingerprint density at radius 2 is 1.75 bits per heavy atom. The van der Waals surface area contributed by atoms with Crippen molar-refractivity contribution in [3.05, 3.63) is 58.9 Å². The molecule has 166 valence electrons. The summed E-state index contributed by atoms with van der Waals surface area (Å²) in [5.74, 6) is -0.922. The largest absolute Gasteiger partial charge is 0.350 e. The van der Waals surface area contributed by atoms with Gasteiger partial charge in [0.15, 0.2) is 0 Å². The molecule has 2 aromatic rings. The highest BCUT2D eigenvalue weighted by Gasteiger charge is 2.32. The molecule has 2 N–H and O–H groups in total. The molecule has 2 saturated carbocycles. The SMILES string of the molecule is Cc1c(F)cc(C(=O)NC2CC2)cc1-c1ccc(C(=O)NCC2(C#N)CCCCC2)cc1. The molecular weight excluding hydrogens is 405 g/mol. The van der Waals surface area contributed by atoms with Crippen LogP contribution in [0.1, 0.15) is 71.2 Å². The van der Waals surface area contributed by atoms with Crippen LogP contribution in [0, 0.1) is 29.5 Å². The Balaban J connectivity index is 1.48. The lowest BCUT2D eigenvalue weighted by atomic mass is 9.75. The third-order valence-electron chi connectivity index (χ3n) is 6.61. The molecule has 0 aliphatic heterocycles. The van der Waals surface area contributed by atoms with Crippen molar-refractivity contribution in [2.45, 2.75) is 57.9 Å². The van der Waals surface area contributed by atoms with Gasteiger partial charge in [-0.15, -0.1) is 0 Å². The smallest absolute Gasteiger partial charge is 0.251 e. The molecule has 0 atom stereocenters. The van der Waals surface area contributed by atoms with Crippen molar-refractivity contribution >= 4 is 11.8 Å². The van der Waals surface area contributed by atoms with Crippen LogP contribution in [0.4, 0.5) is 4.39 Å². The maximum atomic E-state index is 14.5. The first-order valence-electron chi connectivity index (χ1n) is 11.3. The molecule has 4 rings (SSSR count). The van der Waals surface area contributed by atoms with Gasteiger partial charge < -0.3 is 10.6 Å². The first-order chi connectivity index (χ1) is 15.4. The zero-order chi connectivity index (χ0) is 22.7. The summed E-state index contributed by atoms with van der Waals surface area (Å²) in [5.41, 5.74) is 2.13. The van der Waals surface area contributed by atoms with Crippen LogP contribution in [0.25, 0.3) is 11.1 Å². The number of nitrogens with zero attached hydrogens (tertiary/aromatic N) is 1. The van der Waals surface area contributed by atoms with E-state index < -0.39 is 11.2 Å². The molecule has 2 aliphatic carbocycles. The van der Waals surface area contributed by atoms with Gasteiger partial charge in [0.2, 0.25) is 0 Å². The van der Waals surface area contributed by atoms with Crippen LogP contribution in [0.2, 0.25) is 0 Å². The lowest BCUT2D eigenvalue weighted by molar-refractivity contribution is 0.0929. The van der Waals surface area contributed by atoms with Gasteiger partial charge in [0, 0.05) is 23.7 Å². The van der Waals surface area contributed by atoms with Crippen LogP contribution in [-0.4, -0.2) is 24.4 Å². The Hall–Kier alpha value is -3.20. The number of halogens is 1. The lowest BCUT2D eigenvalue weighted by Crippen LogP contribution is -2.38. The highest BCUT2D eigenvalue weighted by molar-refractivity contribution is 5.97. The summed E-state index contributed by atoms with van der Waals surface area (Å²) in [6.07, 6.45) is 6.74. The normalized spacial score (nSPS) is 17.3. The predicted molar refractivity (Wildman–Crippen MR) is 121 cm³/mol. The fourth-order valence-corrected chi connectivity index (χ4v) is 4.32. The van der Waals surface area contributed by atoms with Crippen molar-refractivity contribution in [3.8, 4) is 17.2 Å². The molecule has 5 nitrogen and oxygen atoms in total. The molecule has 32 heavy (non-hydrogen) atoms.